The van der Waals surface area contributed by atoms with Crippen molar-refractivity contribution in [3.8, 4) is 0 Å². The van der Waals surface area contributed by atoms with Crippen molar-refractivity contribution >= 4 is 17.1 Å². The van der Waals surface area contributed by atoms with Crippen LogP contribution < -0.4 is 0 Å². The maximum Gasteiger partial charge on any atom is 0.303 e. The zero-order valence-corrected chi connectivity index (χ0v) is 17.3. The lowest BCUT2D eigenvalue weighted by Crippen LogP contribution is -1.93. The predicted molar refractivity (Wildman–Crippen MR) is 107 cm³/mol. The van der Waals surface area contributed by atoms with E-state index in [1.54, 1.807) is 12.5 Å². The molecule has 0 atom stereocenters. The van der Waals surface area contributed by atoms with Crippen LogP contribution in [0.5, 0.6) is 0 Å². The van der Waals surface area contributed by atoms with E-state index in [-0.39, 0.29) is 0 Å². The maximum atomic E-state index is 10.3. The van der Waals surface area contributed by atoms with E-state index >= 15 is 0 Å². The average Bonchev–Trinajstić information content (AvgIpc) is 2.50. The Bertz CT molecular complexity index is 242. The molecule has 0 unspecified atom stereocenters. The molecule has 0 aromatic carbocycles. The van der Waals surface area contributed by atoms with Crippen molar-refractivity contribution in [3.05, 3.63) is 0 Å². The fourth-order valence-electron chi connectivity index (χ4n) is 2.65. The second kappa shape index (κ2) is 22.8. The molecule has 24 heavy (non-hydrogen) atoms. The van der Waals surface area contributed by atoms with E-state index in [2.05, 4.69) is 6.92 Å². The molecule has 1 N–H and O–H groups in total. The van der Waals surface area contributed by atoms with Gasteiger partial charge in [0.2, 0.25) is 0 Å². The molecular weight excluding hydrogens is 320 g/mol. The van der Waals surface area contributed by atoms with Gasteiger partial charge in [-0.25, -0.2) is 0 Å². The quantitative estimate of drug-likeness (QED) is 0.258. The molecule has 0 rings (SSSR count). The van der Waals surface area contributed by atoms with Crippen molar-refractivity contribution in [1.82, 2.24) is 0 Å². The van der Waals surface area contributed by atoms with Gasteiger partial charge in [-0.1, -0.05) is 108 Å². The van der Waals surface area contributed by atoms with Crippen LogP contribution >= 0.6 is 0 Å². The summed E-state index contributed by atoms with van der Waals surface area (Å²) in [5.74, 6) is -0.653. The molecule has 0 aliphatic rings. The fourth-order valence-corrected chi connectivity index (χ4v) is 2.65. The van der Waals surface area contributed by atoms with Crippen LogP contribution in [0, 0.1) is 0 Å². The molecule has 4 heteroatoms. The van der Waals surface area contributed by atoms with E-state index in [0.29, 0.717) is 6.42 Å². The normalized spacial score (nSPS) is 10.5. The maximum absolute atomic E-state index is 10.3. The third-order valence-corrected chi connectivity index (χ3v) is 3.99. The van der Waals surface area contributed by atoms with Gasteiger partial charge in [0.05, 0.1) is 12.5 Å². The summed E-state index contributed by atoms with van der Waals surface area (Å²) in [4.78, 5) is 10.3. The molecule has 0 radical (unpaired) electrons. The molecule has 0 saturated heterocycles. The lowest BCUT2D eigenvalue weighted by molar-refractivity contribution is -0.137. The highest BCUT2D eigenvalue weighted by molar-refractivity contribution is 7.89. The molecule has 0 spiro atoms. The van der Waals surface area contributed by atoms with Crippen LogP contribution in [0.1, 0.15) is 110 Å². The van der Waals surface area contributed by atoms with Crippen LogP contribution in [0.3, 0.4) is 0 Å². The molecule has 0 heterocycles. The zero-order valence-electron chi connectivity index (χ0n) is 16.5. The second-order valence-electron chi connectivity index (χ2n) is 6.84. The van der Waals surface area contributed by atoms with Gasteiger partial charge in [-0.15, -0.1) is 0 Å². The van der Waals surface area contributed by atoms with Crippen molar-refractivity contribution in [2.75, 3.05) is 12.5 Å². The van der Waals surface area contributed by atoms with Gasteiger partial charge in [0.15, 0.2) is 0 Å². The molecule has 146 valence electrons. The van der Waals surface area contributed by atoms with E-state index in [4.69, 9.17) is 5.11 Å². The number of carboxylic acid groups (broad SMARTS) is 1. The van der Waals surface area contributed by atoms with Crippen molar-refractivity contribution in [3.63, 3.8) is 0 Å². The first-order valence-electron chi connectivity index (χ1n) is 9.97. The molecular formula is C20H42O3S. The fraction of sp³-hybridized carbons (Fsp3) is 0.950. The van der Waals surface area contributed by atoms with Gasteiger partial charge in [0, 0.05) is 6.42 Å². The van der Waals surface area contributed by atoms with Crippen molar-refractivity contribution in [1.29, 1.82) is 0 Å². The molecule has 0 aromatic rings. The molecule has 0 aromatic heterocycles. The summed E-state index contributed by atoms with van der Waals surface area (Å²) >= 11 is -0.611. The SMILES string of the molecule is CCCCCCCCCCCCCCCCCC(=O)O.C[S+](C)[O-]. The lowest BCUT2D eigenvalue weighted by Gasteiger charge is -2.03. The van der Waals surface area contributed by atoms with Gasteiger partial charge in [-0.3, -0.25) is 4.79 Å². The third-order valence-electron chi connectivity index (χ3n) is 3.99. The Balaban J connectivity index is 0. The van der Waals surface area contributed by atoms with Crippen LogP contribution in [-0.4, -0.2) is 28.1 Å². The summed E-state index contributed by atoms with van der Waals surface area (Å²) in [5.41, 5.74) is 0. The summed E-state index contributed by atoms with van der Waals surface area (Å²) < 4.78 is 9.56. The highest BCUT2D eigenvalue weighted by Gasteiger charge is 1.97. The van der Waals surface area contributed by atoms with Crippen molar-refractivity contribution in [2.24, 2.45) is 0 Å². The molecule has 0 fully saturated rings. The Morgan fingerprint density at radius 2 is 0.958 bits per heavy atom. The first kappa shape index (κ1) is 26.0. The second-order valence-corrected chi connectivity index (χ2v) is 8.32. The van der Waals surface area contributed by atoms with Crippen molar-refractivity contribution in [2.45, 2.75) is 110 Å². The lowest BCUT2D eigenvalue weighted by atomic mass is 10.0. The summed E-state index contributed by atoms with van der Waals surface area (Å²) in [5, 5.41) is 8.52. The van der Waals surface area contributed by atoms with E-state index in [9.17, 15) is 9.35 Å². The summed E-state index contributed by atoms with van der Waals surface area (Å²) in [7, 11) is 0. The summed E-state index contributed by atoms with van der Waals surface area (Å²) in [6, 6.07) is 0. The number of hydrogen-bond donors (Lipinski definition) is 1. The first-order valence-corrected chi connectivity index (χ1v) is 11.9. The minimum absolute atomic E-state index is 0.345. The Labute approximate surface area is 154 Å². The van der Waals surface area contributed by atoms with Gasteiger partial charge in [-0.2, -0.15) is 0 Å². The van der Waals surface area contributed by atoms with Crippen LogP contribution in [-0.2, 0) is 16.0 Å². The standard InChI is InChI=1S/C18H36O2.C2H6OS/c1-2-3-4-5-6-7-8-9-10-11-12-13-14-15-16-17-18(19)20;1-4(2)3/h2-17H2,1H3,(H,19,20);1-2H3. The minimum atomic E-state index is -0.653. The number of unbranched alkanes of at least 4 members (excludes halogenated alkanes) is 14. The van der Waals surface area contributed by atoms with Crippen LogP contribution in [0.2, 0.25) is 0 Å². The topological polar surface area (TPSA) is 60.4 Å². The Hall–Kier alpha value is -0.220. The third kappa shape index (κ3) is 33.4. The Morgan fingerprint density at radius 3 is 1.21 bits per heavy atom. The highest BCUT2D eigenvalue weighted by Crippen LogP contribution is 2.13. The predicted octanol–water partition coefficient (Wildman–Crippen LogP) is 6.33. The van der Waals surface area contributed by atoms with Crippen molar-refractivity contribution < 1.29 is 14.5 Å². The van der Waals surface area contributed by atoms with Crippen LogP contribution in [0.4, 0.5) is 0 Å². The highest BCUT2D eigenvalue weighted by atomic mass is 32.2. The average molecular weight is 363 g/mol. The van der Waals surface area contributed by atoms with Crippen LogP contribution in [0.25, 0.3) is 0 Å². The largest absolute Gasteiger partial charge is 0.617 e. The number of hydrogen-bond acceptors (Lipinski definition) is 2. The van der Waals surface area contributed by atoms with Gasteiger partial charge in [0.25, 0.3) is 0 Å². The zero-order chi connectivity index (χ0) is 18.5. The number of carboxylic acids is 1. The van der Waals surface area contributed by atoms with E-state index in [0.717, 1.165) is 12.8 Å². The molecule has 0 amide bonds. The van der Waals surface area contributed by atoms with Gasteiger partial charge in [0.1, 0.15) is 0 Å². The molecule has 3 nitrogen and oxygen atoms in total. The minimum Gasteiger partial charge on any atom is -0.617 e. The Morgan fingerprint density at radius 1 is 0.708 bits per heavy atom. The number of carbonyl (C=O) groups is 1. The molecule has 0 bridgehead atoms. The Kier molecular flexibility index (Phi) is 24.7. The monoisotopic (exact) mass is 362 g/mol. The van der Waals surface area contributed by atoms with Gasteiger partial charge >= 0.3 is 5.97 Å². The number of rotatable bonds is 16. The molecule has 0 saturated carbocycles. The number of aliphatic carboxylic acids is 1. The summed E-state index contributed by atoms with van der Waals surface area (Å²) in [6.07, 6.45) is 23.5. The molecule has 0 aliphatic heterocycles. The van der Waals surface area contributed by atoms with Gasteiger partial charge < -0.3 is 9.66 Å². The van der Waals surface area contributed by atoms with E-state index < -0.39 is 17.1 Å². The van der Waals surface area contributed by atoms with E-state index in [1.165, 1.54) is 83.5 Å². The smallest absolute Gasteiger partial charge is 0.303 e. The van der Waals surface area contributed by atoms with Crippen LogP contribution in [0.15, 0.2) is 0 Å². The van der Waals surface area contributed by atoms with Gasteiger partial charge in [-0.05, 0) is 6.42 Å². The first-order chi connectivity index (χ1) is 11.5. The summed E-state index contributed by atoms with van der Waals surface area (Å²) in [6.45, 7) is 2.27. The molecule has 0 aliphatic carbocycles. The van der Waals surface area contributed by atoms with E-state index in [1.807, 2.05) is 0 Å².